The van der Waals surface area contributed by atoms with Crippen molar-refractivity contribution in [3.05, 3.63) is 30.1 Å². The molecule has 1 aromatic heterocycles. The summed E-state index contributed by atoms with van der Waals surface area (Å²) in [6, 6.07) is 7.65. The number of benzene rings is 1. The van der Waals surface area contributed by atoms with Gasteiger partial charge in [0.1, 0.15) is 5.75 Å². The molecule has 0 bridgehead atoms. The molecule has 0 aliphatic rings. The summed E-state index contributed by atoms with van der Waals surface area (Å²) in [6.07, 6.45) is 2.19. The van der Waals surface area contributed by atoms with Gasteiger partial charge in [0.15, 0.2) is 5.82 Å². The number of nitrogens with two attached hydrogens (primary N) is 1. The van der Waals surface area contributed by atoms with E-state index in [2.05, 4.69) is 22.4 Å². The Morgan fingerprint density at radius 2 is 2.06 bits per heavy atom. The highest BCUT2D eigenvalue weighted by atomic mass is 16.5. The van der Waals surface area contributed by atoms with Gasteiger partial charge in [-0.2, -0.15) is 4.68 Å². The van der Waals surface area contributed by atoms with Crippen LogP contribution < -0.4 is 10.5 Å². The molecule has 0 saturated heterocycles. The van der Waals surface area contributed by atoms with Gasteiger partial charge in [0, 0.05) is 0 Å². The van der Waals surface area contributed by atoms with Crippen molar-refractivity contribution in [1.82, 2.24) is 20.2 Å². The molecule has 18 heavy (non-hydrogen) atoms. The van der Waals surface area contributed by atoms with Crippen LogP contribution in [0.4, 0.5) is 0 Å². The number of tetrazole rings is 1. The van der Waals surface area contributed by atoms with Gasteiger partial charge in [-0.15, -0.1) is 5.10 Å². The molecule has 0 unspecified atom stereocenters. The standard InChI is InChI=1S/C12H17N5O/c1-2-3-8-18-11-6-4-10(5-7-11)17-12(9-13)14-15-16-17/h4-7H,2-3,8-9,13H2,1H3. The molecule has 0 aliphatic heterocycles. The summed E-state index contributed by atoms with van der Waals surface area (Å²) in [5, 5.41) is 11.3. The topological polar surface area (TPSA) is 78.8 Å². The van der Waals surface area contributed by atoms with E-state index in [1.807, 2.05) is 24.3 Å². The fraction of sp³-hybridized carbons (Fsp3) is 0.417. The zero-order valence-electron chi connectivity index (χ0n) is 10.4. The number of hydrogen-bond donors (Lipinski definition) is 1. The smallest absolute Gasteiger partial charge is 0.170 e. The maximum atomic E-state index is 5.59. The highest BCUT2D eigenvalue weighted by Crippen LogP contribution is 2.15. The van der Waals surface area contributed by atoms with Crippen molar-refractivity contribution < 1.29 is 4.74 Å². The van der Waals surface area contributed by atoms with Crippen LogP contribution in [0.5, 0.6) is 5.75 Å². The normalized spacial score (nSPS) is 10.6. The van der Waals surface area contributed by atoms with E-state index in [-0.39, 0.29) is 0 Å². The van der Waals surface area contributed by atoms with Crippen LogP contribution >= 0.6 is 0 Å². The van der Waals surface area contributed by atoms with Crippen LogP contribution in [0, 0.1) is 0 Å². The van der Waals surface area contributed by atoms with Crippen molar-refractivity contribution in [3.63, 3.8) is 0 Å². The third-order valence-electron chi connectivity index (χ3n) is 2.56. The summed E-state index contributed by atoms with van der Waals surface area (Å²) < 4.78 is 7.21. The molecule has 0 saturated carbocycles. The van der Waals surface area contributed by atoms with Crippen molar-refractivity contribution in [3.8, 4) is 11.4 Å². The highest BCUT2D eigenvalue weighted by Gasteiger charge is 2.06. The molecule has 0 atom stereocenters. The molecule has 2 N–H and O–H groups in total. The van der Waals surface area contributed by atoms with Gasteiger partial charge in [0.05, 0.1) is 18.8 Å². The third-order valence-corrected chi connectivity index (χ3v) is 2.56. The Balaban J connectivity index is 2.07. The van der Waals surface area contributed by atoms with Crippen LogP contribution in [0.1, 0.15) is 25.6 Å². The predicted molar refractivity (Wildman–Crippen MR) is 67.4 cm³/mol. The summed E-state index contributed by atoms with van der Waals surface area (Å²) in [5.74, 6) is 1.49. The van der Waals surface area contributed by atoms with Gasteiger partial charge in [0.2, 0.25) is 0 Å². The first-order chi connectivity index (χ1) is 8.85. The summed E-state index contributed by atoms with van der Waals surface area (Å²) in [7, 11) is 0. The first-order valence-corrected chi connectivity index (χ1v) is 6.05. The van der Waals surface area contributed by atoms with E-state index in [0.717, 1.165) is 30.9 Å². The molecule has 2 rings (SSSR count). The van der Waals surface area contributed by atoms with E-state index in [1.54, 1.807) is 4.68 Å². The van der Waals surface area contributed by atoms with Crippen molar-refractivity contribution in [1.29, 1.82) is 0 Å². The maximum Gasteiger partial charge on any atom is 0.170 e. The van der Waals surface area contributed by atoms with Crippen LogP contribution in [0.2, 0.25) is 0 Å². The molecule has 6 heteroatoms. The zero-order valence-corrected chi connectivity index (χ0v) is 10.4. The summed E-state index contributed by atoms with van der Waals surface area (Å²) in [4.78, 5) is 0. The number of ether oxygens (including phenoxy) is 1. The predicted octanol–water partition coefficient (Wildman–Crippen LogP) is 1.30. The molecule has 0 aliphatic carbocycles. The molecule has 1 heterocycles. The Hall–Kier alpha value is -1.95. The number of aromatic nitrogens is 4. The molecule has 6 nitrogen and oxygen atoms in total. The van der Waals surface area contributed by atoms with Gasteiger partial charge in [-0.1, -0.05) is 13.3 Å². The molecule has 1 aromatic carbocycles. The van der Waals surface area contributed by atoms with Crippen LogP contribution in [-0.2, 0) is 6.54 Å². The van der Waals surface area contributed by atoms with Gasteiger partial charge in [-0.3, -0.25) is 0 Å². The van der Waals surface area contributed by atoms with E-state index in [9.17, 15) is 0 Å². The Morgan fingerprint density at radius 1 is 1.28 bits per heavy atom. The van der Waals surface area contributed by atoms with Gasteiger partial charge in [-0.05, 0) is 41.1 Å². The van der Waals surface area contributed by atoms with Crippen LogP contribution in [0.25, 0.3) is 5.69 Å². The first-order valence-electron chi connectivity index (χ1n) is 6.05. The maximum absolute atomic E-state index is 5.59. The van der Waals surface area contributed by atoms with Gasteiger partial charge < -0.3 is 10.5 Å². The lowest BCUT2D eigenvalue weighted by atomic mass is 10.3. The second-order valence-corrected chi connectivity index (χ2v) is 3.91. The molecule has 0 fully saturated rings. The zero-order chi connectivity index (χ0) is 12.8. The number of unbranched alkanes of at least 4 members (excludes halogenated alkanes) is 1. The van der Waals surface area contributed by atoms with Gasteiger partial charge >= 0.3 is 0 Å². The van der Waals surface area contributed by atoms with Crippen molar-refractivity contribution in [2.75, 3.05) is 6.61 Å². The second kappa shape index (κ2) is 6.11. The van der Waals surface area contributed by atoms with Crippen molar-refractivity contribution in [2.24, 2.45) is 5.73 Å². The second-order valence-electron chi connectivity index (χ2n) is 3.91. The lowest BCUT2D eigenvalue weighted by Gasteiger charge is -2.07. The quantitative estimate of drug-likeness (QED) is 0.778. The fourth-order valence-corrected chi connectivity index (χ4v) is 1.55. The minimum Gasteiger partial charge on any atom is -0.494 e. The van der Waals surface area contributed by atoms with E-state index in [0.29, 0.717) is 12.4 Å². The lowest BCUT2D eigenvalue weighted by molar-refractivity contribution is 0.309. The Bertz CT molecular complexity index is 479. The fourth-order valence-electron chi connectivity index (χ4n) is 1.55. The monoisotopic (exact) mass is 247 g/mol. The molecule has 0 amide bonds. The van der Waals surface area contributed by atoms with E-state index in [4.69, 9.17) is 10.5 Å². The molecular formula is C12H17N5O. The Kier molecular flexibility index (Phi) is 4.25. The number of nitrogens with zero attached hydrogens (tertiary/aromatic N) is 4. The Labute approximate surface area is 106 Å². The van der Waals surface area contributed by atoms with Crippen LogP contribution in [0.3, 0.4) is 0 Å². The van der Waals surface area contributed by atoms with Crippen molar-refractivity contribution in [2.45, 2.75) is 26.3 Å². The van der Waals surface area contributed by atoms with E-state index >= 15 is 0 Å². The molecule has 2 aromatic rings. The van der Waals surface area contributed by atoms with Gasteiger partial charge in [-0.25, -0.2) is 0 Å². The van der Waals surface area contributed by atoms with E-state index in [1.165, 1.54) is 0 Å². The largest absolute Gasteiger partial charge is 0.494 e. The lowest BCUT2D eigenvalue weighted by Crippen LogP contribution is -2.08. The van der Waals surface area contributed by atoms with Gasteiger partial charge in [0.25, 0.3) is 0 Å². The Morgan fingerprint density at radius 3 is 2.72 bits per heavy atom. The molecule has 0 radical (unpaired) electrons. The molecule has 96 valence electrons. The summed E-state index contributed by atoms with van der Waals surface area (Å²) >= 11 is 0. The van der Waals surface area contributed by atoms with Crippen molar-refractivity contribution >= 4 is 0 Å². The highest BCUT2D eigenvalue weighted by molar-refractivity contribution is 5.36. The van der Waals surface area contributed by atoms with Crippen LogP contribution in [-0.4, -0.2) is 26.8 Å². The third kappa shape index (κ3) is 2.84. The number of hydrogen-bond acceptors (Lipinski definition) is 5. The summed E-state index contributed by atoms with van der Waals surface area (Å²) in [5.41, 5.74) is 6.43. The first kappa shape index (κ1) is 12.5. The summed E-state index contributed by atoms with van der Waals surface area (Å²) in [6.45, 7) is 3.19. The minimum absolute atomic E-state index is 0.307. The average Bonchev–Trinajstić information content (AvgIpc) is 2.88. The molecule has 0 spiro atoms. The SMILES string of the molecule is CCCCOc1ccc(-n2nnnc2CN)cc1. The van der Waals surface area contributed by atoms with E-state index < -0.39 is 0 Å². The molecular weight excluding hydrogens is 230 g/mol. The van der Waals surface area contributed by atoms with Crippen LogP contribution in [0.15, 0.2) is 24.3 Å². The number of rotatable bonds is 6. The minimum atomic E-state index is 0.307. The average molecular weight is 247 g/mol.